The molecule has 0 N–H and O–H groups in total. The predicted molar refractivity (Wildman–Crippen MR) is 106 cm³/mol. The molecule has 26 heavy (non-hydrogen) atoms. The Kier molecular flexibility index (Phi) is 5.33. The quantitative estimate of drug-likeness (QED) is 0.584. The average Bonchev–Trinajstić information content (AvgIpc) is 3.20. The molecule has 3 rings (SSSR count). The van der Waals surface area contributed by atoms with Crippen LogP contribution in [0, 0.1) is 25.2 Å². The van der Waals surface area contributed by atoms with Crippen LogP contribution in [0.15, 0.2) is 23.1 Å². The van der Waals surface area contributed by atoms with Crippen LogP contribution >= 0.6 is 11.3 Å². The maximum absolute atomic E-state index is 13.0. The van der Waals surface area contributed by atoms with E-state index in [1.165, 1.54) is 10.4 Å². The average molecular weight is 368 g/mol. The molecule has 0 aromatic carbocycles. The number of hydrogen-bond donors (Lipinski definition) is 0. The van der Waals surface area contributed by atoms with Crippen LogP contribution in [0.4, 0.5) is 0 Å². The van der Waals surface area contributed by atoms with E-state index in [2.05, 4.69) is 48.9 Å². The normalized spacial score (nSPS) is 17.1. The first-order chi connectivity index (χ1) is 12.5. The number of nitriles is 1. The Balaban J connectivity index is 1.90. The summed E-state index contributed by atoms with van der Waals surface area (Å²) in [6.45, 7) is 9.93. The van der Waals surface area contributed by atoms with E-state index in [1.807, 2.05) is 11.8 Å². The van der Waals surface area contributed by atoms with Crippen LogP contribution in [0.1, 0.15) is 53.7 Å². The Hall–Kier alpha value is -2.32. The molecule has 4 nitrogen and oxygen atoms in total. The van der Waals surface area contributed by atoms with Crippen molar-refractivity contribution in [1.29, 1.82) is 5.26 Å². The Morgan fingerprint density at radius 1 is 1.46 bits per heavy atom. The van der Waals surface area contributed by atoms with Crippen molar-refractivity contribution in [3.8, 4) is 6.07 Å². The maximum Gasteiger partial charge on any atom is 0.265 e. The number of carbonyl (C=O) groups is 1. The zero-order valence-electron chi connectivity index (χ0n) is 15.9. The molecule has 0 saturated heterocycles. The standard InChI is InChI=1S/C21H25N3OS/c1-5-8-23-14(2)11-17(15(23)3)12-18(13-22)21(25)24-9-6-20-19(16(24)4)7-10-26-20/h7,10-12,16H,5-6,8-9H2,1-4H3/b18-12+. The lowest BCUT2D eigenvalue weighted by atomic mass is 10.00. The van der Waals surface area contributed by atoms with Gasteiger partial charge in [0.05, 0.1) is 6.04 Å². The van der Waals surface area contributed by atoms with Crippen molar-refractivity contribution in [2.24, 2.45) is 0 Å². The Morgan fingerprint density at radius 2 is 2.23 bits per heavy atom. The number of nitrogens with zero attached hydrogens (tertiary/aromatic N) is 3. The van der Waals surface area contributed by atoms with E-state index in [0.717, 1.165) is 36.3 Å². The zero-order valence-corrected chi connectivity index (χ0v) is 16.7. The fourth-order valence-corrected chi connectivity index (χ4v) is 4.74. The molecule has 0 radical (unpaired) electrons. The van der Waals surface area contributed by atoms with E-state index >= 15 is 0 Å². The van der Waals surface area contributed by atoms with E-state index in [9.17, 15) is 10.1 Å². The minimum absolute atomic E-state index is 0.0155. The van der Waals surface area contributed by atoms with E-state index in [0.29, 0.717) is 6.54 Å². The van der Waals surface area contributed by atoms with Gasteiger partial charge in [-0.15, -0.1) is 11.3 Å². The molecule has 0 aliphatic carbocycles. The number of amides is 1. The number of hydrogen-bond acceptors (Lipinski definition) is 3. The number of aryl methyl sites for hydroxylation is 1. The summed E-state index contributed by atoms with van der Waals surface area (Å²) in [6.07, 6.45) is 3.68. The fraction of sp³-hybridized carbons (Fsp3) is 0.429. The third-order valence-electron chi connectivity index (χ3n) is 5.25. The molecule has 1 atom stereocenters. The van der Waals surface area contributed by atoms with Gasteiger partial charge in [-0.1, -0.05) is 6.92 Å². The SMILES string of the molecule is CCCn1c(C)cc(/C=C(\C#N)C(=O)N2CCc3sccc3C2C)c1C. The summed E-state index contributed by atoms with van der Waals surface area (Å²) >= 11 is 1.75. The minimum Gasteiger partial charge on any atom is -0.349 e. The van der Waals surface area contributed by atoms with Crippen LogP contribution in [-0.2, 0) is 17.8 Å². The second-order valence-corrected chi connectivity index (χ2v) is 7.87. The Labute approximate surface area is 159 Å². The highest BCUT2D eigenvalue weighted by Gasteiger charge is 2.30. The molecule has 2 aromatic rings. The first-order valence-electron chi connectivity index (χ1n) is 9.13. The van der Waals surface area contributed by atoms with E-state index in [4.69, 9.17) is 0 Å². The van der Waals surface area contributed by atoms with Gasteiger partial charge < -0.3 is 9.47 Å². The molecule has 1 aliphatic rings. The Morgan fingerprint density at radius 3 is 2.92 bits per heavy atom. The van der Waals surface area contributed by atoms with Gasteiger partial charge in [0.2, 0.25) is 0 Å². The molecular formula is C21H25N3OS. The largest absolute Gasteiger partial charge is 0.349 e. The number of aromatic nitrogens is 1. The summed E-state index contributed by atoms with van der Waals surface area (Å²) in [5.74, 6) is -0.169. The molecule has 0 fully saturated rings. The van der Waals surface area contributed by atoms with Crippen LogP contribution < -0.4 is 0 Å². The predicted octanol–water partition coefficient (Wildman–Crippen LogP) is 4.63. The van der Waals surface area contributed by atoms with Crippen molar-refractivity contribution in [3.63, 3.8) is 0 Å². The second-order valence-electron chi connectivity index (χ2n) is 6.87. The molecule has 0 bridgehead atoms. The van der Waals surface area contributed by atoms with Gasteiger partial charge in [0, 0.05) is 29.4 Å². The van der Waals surface area contributed by atoms with Gasteiger partial charge in [-0.2, -0.15) is 5.26 Å². The van der Waals surface area contributed by atoms with Crippen molar-refractivity contribution in [3.05, 3.63) is 50.5 Å². The number of thiophene rings is 1. The third kappa shape index (κ3) is 3.22. The second kappa shape index (κ2) is 7.51. The topological polar surface area (TPSA) is 49.0 Å². The summed E-state index contributed by atoms with van der Waals surface area (Å²) in [7, 11) is 0. The molecule has 136 valence electrons. The molecule has 0 spiro atoms. The van der Waals surface area contributed by atoms with Crippen LogP contribution in [0.5, 0.6) is 0 Å². The van der Waals surface area contributed by atoms with Gasteiger partial charge in [-0.25, -0.2) is 0 Å². The summed E-state index contributed by atoms with van der Waals surface area (Å²) < 4.78 is 2.24. The summed E-state index contributed by atoms with van der Waals surface area (Å²) in [6, 6.07) is 6.31. The van der Waals surface area contributed by atoms with Gasteiger partial charge in [0.15, 0.2) is 0 Å². The van der Waals surface area contributed by atoms with Crippen molar-refractivity contribution in [1.82, 2.24) is 9.47 Å². The number of carbonyl (C=O) groups excluding carboxylic acids is 1. The van der Waals surface area contributed by atoms with Crippen LogP contribution in [0.2, 0.25) is 0 Å². The highest BCUT2D eigenvalue weighted by molar-refractivity contribution is 7.10. The molecule has 1 unspecified atom stereocenters. The minimum atomic E-state index is -0.169. The smallest absolute Gasteiger partial charge is 0.265 e. The highest BCUT2D eigenvalue weighted by atomic mass is 32.1. The van der Waals surface area contributed by atoms with Crippen LogP contribution in [0.3, 0.4) is 0 Å². The van der Waals surface area contributed by atoms with Gasteiger partial charge in [0.25, 0.3) is 5.91 Å². The van der Waals surface area contributed by atoms with Crippen LogP contribution in [0.25, 0.3) is 6.08 Å². The molecular weight excluding hydrogens is 342 g/mol. The third-order valence-corrected chi connectivity index (χ3v) is 6.25. The van der Waals surface area contributed by atoms with Crippen molar-refractivity contribution in [2.75, 3.05) is 6.54 Å². The summed E-state index contributed by atoms with van der Waals surface area (Å²) in [5, 5.41) is 11.7. The lowest BCUT2D eigenvalue weighted by molar-refractivity contribution is -0.129. The van der Waals surface area contributed by atoms with Crippen molar-refractivity contribution in [2.45, 2.75) is 53.1 Å². The highest BCUT2D eigenvalue weighted by Crippen LogP contribution is 2.33. The molecule has 2 aromatic heterocycles. The lowest BCUT2D eigenvalue weighted by Crippen LogP contribution is -2.38. The molecule has 0 saturated carbocycles. The molecule has 5 heteroatoms. The van der Waals surface area contributed by atoms with Gasteiger partial charge in [0.1, 0.15) is 11.6 Å². The summed E-state index contributed by atoms with van der Waals surface area (Å²) in [4.78, 5) is 16.2. The maximum atomic E-state index is 13.0. The molecule has 1 aliphatic heterocycles. The van der Waals surface area contributed by atoms with Crippen LogP contribution in [-0.4, -0.2) is 21.9 Å². The number of rotatable bonds is 4. The van der Waals surface area contributed by atoms with E-state index in [1.54, 1.807) is 17.4 Å². The Bertz CT molecular complexity index is 897. The number of fused-ring (bicyclic) bond motifs is 1. The lowest BCUT2D eigenvalue weighted by Gasteiger charge is -2.33. The zero-order chi connectivity index (χ0) is 18.8. The van der Waals surface area contributed by atoms with Gasteiger partial charge >= 0.3 is 0 Å². The van der Waals surface area contributed by atoms with E-state index in [-0.39, 0.29) is 17.5 Å². The monoisotopic (exact) mass is 367 g/mol. The fourth-order valence-electron chi connectivity index (χ4n) is 3.78. The van der Waals surface area contributed by atoms with Gasteiger partial charge in [-0.05, 0) is 68.3 Å². The van der Waals surface area contributed by atoms with E-state index < -0.39 is 0 Å². The first-order valence-corrected chi connectivity index (χ1v) is 10.0. The molecule has 3 heterocycles. The van der Waals surface area contributed by atoms with Crippen molar-refractivity contribution >= 4 is 23.3 Å². The summed E-state index contributed by atoms with van der Waals surface area (Å²) in [5.41, 5.74) is 4.66. The van der Waals surface area contributed by atoms with Crippen molar-refractivity contribution < 1.29 is 4.79 Å². The first kappa shape index (κ1) is 18.5. The molecule has 1 amide bonds. The van der Waals surface area contributed by atoms with Gasteiger partial charge in [-0.3, -0.25) is 4.79 Å².